The normalized spacial score (nSPS) is 19.4. The van der Waals surface area contributed by atoms with Crippen LogP contribution in [0.4, 0.5) is 5.69 Å². The number of H-pyrrole nitrogens is 1. The molecule has 0 bridgehead atoms. The van der Waals surface area contributed by atoms with E-state index in [4.69, 9.17) is 0 Å². The molecule has 20 heavy (non-hydrogen) atoms. The molecule has 1 saturated heterocycles. The fourth-order valence-electron chi connectivity index (χ4n) is 2.37. The molecule has 2 N–H and O–H groups in total. The van der Waals surface area contributed by atoms with E-state index in [1.165, 1.54) is 4.90 Å². The number of aliphatic carboxylic acids is 1. The first kappa shape index (κ1) is 14.0. The number of hydrogen-bond donors (Lipinski definition) is 2. The highest BCUT2D eigenvalue weighted by molar-refractivity contribution is 5.95. The Morgan fingerprint density at radius 1 is 1.40 bits per heavy atom. The minimum absolute atomic E-state index is 0.0462. The van der Waals surface area contributed by atoms with E-state index in [2.05, 4.69) is 4.98 Å². The van der Waals surface area contributed by atoms with E-state index in [-0.39, 0.29) is 11.4 Å². The van der Waals surface area contributed by atoms with Crippen molar-refractivity contribution in [1.82, 2.24) is 9.88 Å². The summed E-state index contributed by atoms with van der Waals surface area (Å²) < 4.78 is 0. The summed E-state index contributed by atoms with van der Waals surface area (Å²) in [6.45, 7) is 0.350. The molecule has 0 aromatic carbocycles. The van der Waals surface area contributed by atoms with Gasteiger partial charge in [0.15, 0.2) is 0 Å². The number of likely N-dealkylation sites (tertiary alicyclic amines) is 1. The minimum atomic E-state index is -1.04. The van der Waals surface area contributed by atoms with Gasteiger partial charge in [-0.2, -0.15) is 0 Å². The molecular formula is C12H15N3O5. The standard InChI is InChI=1S/C12H15N3O5/c16-11(9-6-8(7-13-9)15(19)20)14-5-3-1-2-4-10(14)12(17)18/h6-7,10,13H,1-5H2,(H,17,18). The van der Waals surface area contributed by atoms with Crippen LogP contribution in [-0.2, 0) is 4.79 Å². The number of nitrogens with one attached hydrogen (secondary N) is 1. The smallest absolute Gasteiger partial charge is 0.326 e. The second-order valence-electron chi connectivity index (χ2n) is 4.73. The molecule has 2 rings (SSSR count). The summed E-state index contributed by atoms with van der Waals surface area (Å²) in [5, 5.41) is 19.8. The van der Waals surface area contributed by atoms with Crippen LogP contribution in [0.25, 0.3) is 0 Å². The van der Waals surface area contributed by atoms with E-state index >= 15 is 0 Å². The predicted octanol–water partition coefficient (Wildman–Crippen LogP) is 1.39. The van der Waals surface area contributed by atoms with Gasteiger partial charge in [0.1, 0.15) is 11.7 Å². The number of amides is 1. The van der Waals surface area contributed by atoms with Crippen molar-refractivity contribution in [3.8, 4) is 0 Å². The van der Waals surface area contributed by atoms with Gasteiger partial charge in [0, 0.05) is 12.6 Å². The Morgan fingerprint density at radius 2 is 2.15 bits per heavy atom. The van der Waals surface area contributed by atoms with Crippen LogP contribution in [-0.4, -0.2) is 44.4 Å². The van der Waals surface area contributed by atoms with Crippen LogP contribution in [0.2, 0.25) is 0 Å². The van der Waals surface area contributed by atoms with E-state index in [0.717, 1.165) is 31.5 Å². The highest BCUT2D eigenvalue weighted by atomic mass is 16.6. The maximum Gasteiger partial charge on any atom is 0.326 e. The van der Waals surface area contributed by atoms with Gasteiger partial charge in [-0.15, -0.1) is 0 Å². The van der Waals surface area contributed by atoms with Gasteiger partial charge in [-0.05, 0) is 12.8 Å². The van der Waals surface area contributed by atoms with Crippen LogP contribution in [0.15, 0.2) is 12.3 Å². The molecule has 8 heteroatoms. The molecule has 1 aromatic rings. The zero-order valence-electron chi connectivity index (χ0n) is 10.7. The molecule has 0 saturated carbocycles. The molecule has 1 aliphatic rings. The van der Waals surface area contributed by atoms with Gasteiger partial charge < -0.3 is 15.0 Å². The zero-order valence-corrected chi connectivity index (χ0v) is 10.7. The van der Waals surface area contributed by atoms with Crippen LogP contribution in [0.3, 0.4) is 0 Å². The largest absolute Gasteiger partial charge is 0.480 e. The lowest BCUT2D eigenvalue weighted by molar-refractivity contribution is -0.384. The summed E-state index contributed by atoms with van der Waals surface area (Å²) in [6, 6.07) is 0.263. The number of carboxylic acid groups (broad SMARTS) is 1. The first-order valence-electron chi connectivity index (χ1n) is 6.37. The molecule has 8 nitrogen and oxygen atoms in total. The third-order valence-corrected chi connectivity index (χ3v) is 3.41. The van der Waals surface area contributed by atoms with Gasteiger partial charge in [0.25, 0.3) is 11.6 Å². The second kappa shape index (κ2) is 5.72. The van der Waals surface area contributed by atoms with Crippen molar-refractivity contribution < 1.29 is 19.6 Å². The summed E-state index contributed by atoms with van der Waals surface area (Å²) in [6.07, 6.45) is 3.90. The Labute approximate surface area is 114 Å². The van der Waals surface area contributed by atoms with Gasteiger partial charge >= 0.3 is 5.97 Å². The molecule has 0 aliphatic carbocycles. The lowest BCUT2D eigenvalue weighted by Crippen LogP contribution is -2.44. The number of hydrogen-bond acceptors (Lipinski definition) is 4. The highest BCUT2D eigenvalue weighted by Crippen LogP contribution is 2.21. The number of rotatable bonds is 3. The molecule has 2 heterocycles. The van der Waals surface area contributed by atoms with Crippen molar-refractivity contribution in [2.75, 3.05) is 6.54 Å². The van der Waals surface area contributed by atoms with Gasteiger partial charge in [0.05, 0.1) is 11.1 Å². The van der Waals surface area contributed by atoms with E-state index < -0.39 is 22.8 Å². The van der Waals surface area contributed by atoms with E-state index in [0.29, 0.717) is 13.0 Å². The maximum absolute atomic E-state index is 12.3. The van der Waals surface area contributed by atoms with E-state index in [9.17, 15) is 24.8 Å². The quantitative estimate of drug-likeness (QED) is 0.641. The van der Waals surface area contributed by atoms with Crippen molar-refractivity contribution in [2.45, 2.75) is 31.7 Å². The van der Waals surface area contributed by atoms with Crippen LogP contribution >= 0.6 is 0 Å². The topological polar surface area (TPSA) is 117 Å². The van der Waals surface area contributed by atoms with Crippen molar-refractivity contribution >= 4 is 17.6 Å². The number of nitrogens with zero attached hydrogens (tertiary/aromatic N) is 2. The molecular weight excluding hydrogens is 266 g/mol. The SMILES string of the molecule is O=C(O)C1CCCCCN1C(=O)c1cc([N+](=O)[O-])c[nH]1. The maximum atomic E-state index is 12.3. The summed E-state index contributed by atoms with van der Waals surface area (Å²) in [5.41, 5.74) is -0.167. The zero-order chi connectivity index (χ0) is 14.7. The number of carbonyl (C=O) groups excluding carboxylic acids is 1. The predicted molar refractivity (Wildman–Crippen MR) is 68.4 cm³/mol. The van der Waals surface area contributed by atoms with Gasteiger partial charge in [-0.1, -0.05) is 12.8 Å². The molecule has 108 valence electrons. The van der Waals surface area contributed by atoms with Crippen LogP contribution in [0, 0.1) is 10.1 Å². The molecule has 0 spiro atoms. The number of nitro groups is 1. The average Bonchev–Trinajstić information content (AvgIpc) is 2.76. The molecule has 1 atom stereocenters. The summed E-state index contributed by atoms with van der Waals surface area (Å²) in [4.78, 5) is 37.4. The lowest BCUT2D eigenvalue weighted by Gasteiger charge is -2.26. The molecule has 1 aromatic heterocycles. The van der Waals surface area contributed by atoms with Crippen molar-refractivity contribution in [3.05, 3.63) is 28.1 Å². The van der Waals surface area contributed by atoms with Crippen LogP contribution < -0.4 is 0 Å². The Balaban J connectivity index is 2.23. The molecule has 1 fully saturated rings. The van der Waals surface area contributed by atoms with Crippen molar-refractivity contribution in [2.24, 2.45) is 0 Å². The number of aromatic amines is 1. The number of carbonyl (C=O) groups is 2. The van der Waals surface area contributed by atoms with Gasteiger partial charge in [0.2, 0.25) is 0 Å². The van der Waals surface area contributed by atoms with E-state index in [1.807, 2.05) is 0 Å². The fraction of sp³-hybridized carbons (Fsp3) is 0.500. The Hall–Kier alpha value is -2.38. The Morgan fingerprint density at radius 3 is 2.75 bits per heavy atom. The summed E-state index contributed by atoms with van der Waals surface area (Å²) >= 11 is 0. The number of carboxylic acids is 1. The molecule has 1 aliphatic heterocycles. The van der Waals surface area contributed by atoms with Crippen LogP contribution in [0.5, 0.6) is 0 Å². The van der Waals surface area contributed by atoms with Crippen molar-refractivity contribution in [1.29, 1.82) is 0 Å². The minimum Gasteiger partial charge on any atom is -0.480 e. The molecule has 1 unspecified atom stereocenters. The summed E-state index contributed by atoms with van der Waals surface area (Å²) in [5.74, 6) is -1.55. The first-order valence-corrected chi connectivity index (χ1v) is 6.37. The third kappa shape index (κ3) is 2.79. The number of aromatic nitrogens is 1. The third-order valence-electron chi connectivity index (χ3n) is 3.41. The Bertz CT molecular complexity index is 539. The highest BCUT2D eigenvalue weighted by Gasteiger charge is 2.32. The monoisotopic (exact) mass is 281 g/mol. The van der Waals surface area contributed by atoms with E-state index in [1.54, 1.807) is 0 Å². The van der Waals surface area contributed by atoms with Gasteiger partial charge in [-0.3, -0.25) is 14.9 Å². The molecule has 0 radical (unpaired) electrons. The average molecular weight is 281 g/mol. The lowest BCUT2D eigenvalue weighted by atomic mass is 10.1. The fourth-order valence-corrected chi connectivity index (χ4v) is 2.37. The summed E-state index contributed by atoms with van der Waals surface area (Å²) in [7, 11) is 0. The second-order valence-corrected chi connectivity index (χ2v) is 4.73. The van der Waals surface area contributed by atoms with Crippen molar-refractivity contribution in [3.63, 3.8) is 0 Å². The molecule has 1 amide bonds. The van der Waals surface area contributed by atoms with Crippen LogP contribution in [0.1, 0.15) is 36.2 Å². The van der Waals surface area contributed by atoms with Gasteiger partial charge in [-0.25, -0.2) is 4.79 Å². The first-order chi connectivity index (χ1) is 9.50. The Kier molecular flexibility index (Phi) is 4.02.